The molecule has 2 amide bonds. The molecule has 1 N–H and O–H groups in total. The molecule has 3 aromatic rings. The van der Waals surface area contributed by atoms with Gasteiger partial charge in [-0.05, 0) is 24.6 Å². The van der Waals surface area contributed by atoms with Gasteiger partial charge in [0.05, 0.1) is 11.3 Å². The number of carbonyl (C=O) groups excluding carboxylic acids is 2. The first-order valence-corrected chi connectivity index (χ1v) is 9.81. The third kappa shape index (κ3) is 3.63. The molecule has 0 radical (unpaired) electrons. The van der Waals surface area contributed by atoms with Crippen LogP contribution in [0.1, 0.15) is 21.5 Å². The van der Waals surface area contributed by atoms with E-state index in [0.29, 0.717) is 38.2 Å². The summed E-state index contributed by atoms with van der Waals surface area (Å²) in [5, 5.41) is 12.4. The van der Waals surface area contributed by atoms with Crippen molar-refractivity contribution in [3.05, 3.63) is 75.5 Å². The van der Waals surface area contributed by atoms with Crippen molar-refractivity contribution in [1.82, 2.24) is 14.8 Å². The summed E-state index contributed by atoms with van der Waals surface area (Å²) in [5.74, 6) is -0.359. The summed E-state index contributed by atoms with van der Waals surface area (Å²) >= 11 is 0. The summed E-state index contributed by atoms with van der Waals surface area (Å²) in [6.07, 6.45) is 2.15. The van der Waals surface area contributed by atoms with Crippen LogP contribution < -0.4 is 0 Å². The highest BCUT2D eigenvalue weighted by molar-refractivity contribution is 5.99. The molecule has 2 heterocycles. The van der Waals surface area contributed by atoms with Gasteiger partial charge in [0.15, 0.2) is 0 Å². The van der Waals surface area contributed by atoms with E-state index in [9.17, 15) is 19.7 Å². The van der Waals surface area contributed by atoms with Crippen molar-refractivity contribution < 1.29 is 14.5 Å². The van der Waals surface area contributed by atoms with Crippen LogP contribution in [-0.2, 0) is 11.2 Å². The van der Waals surface area contributed by atoms with E-state index in [1.165, 1.54) is 6.07 Å². The lowest BCUT2D eigenvalue weighted by molar-refractivity contribution is -0.385. The number of piperazine rings is 1. The van der Waals surface area contributed by atoms with Gasteiger partial charge in [0.1, 0.15) is 5.56 Å². The number of H-pyrrole nitrogens is 1. The molecule has 1 aromatic heterocycles. The first-order chi connectivity index (χ1) is 14.5. The van der Waals surface area contributed by atoms with Crippen molar-refractivity contribution in [2.75, 3.05) is 26.2 Å². The van der Waals surface area contributed by atoms with Crippen LogP contribution in [0.5, 0.6) is 0 Å². The van der Waals surface area contributed by atoms with Crippen molar-refractivity contribution in [1.29, 1.82) is 0 Å². The van der Waals surface area contributed by atoms with Crippen molar-refractivity contribution in [3.63, 3.8) is 0 Å². The van der Waals surface area contributed by atoms with Crippen molar-refractivity contribution in [2.45, 2.75) is 13.3 Å². The van der Waals surface area contributed by atoms with Crippen LogP contribution in [0.2, 0.25) is 0 Å². The number of aromatic nitrogens is 1. The summed E-state index contributed by atoms with van der Waals surface area (Å²) in [4.78, 5) is 43.0. The smallest absolute Gasteiger partial charge is 0.285 e. The molecule has 0 spiro atoms. The van der Waals surface area contributed by atoms with Crippen molar-refractivity contribution >= 4 is 28.4 Å². The maximum Gasteiger partial charge on any atom is 0.285 e. The van der Waals surface area contributed by atoms with Crippen LogP contribution >= 0.6 is 0 Å². The zero-order valence-corrected chi connectivity index (χ0v) is 16.6. The van der Waals surface area contributed by atoms with Crippen LogP contribution in [0, 0.1) is 17.0 Å². The molecule has 1 saturated heterocycles. The minimum Gasteiger partial charge on any atom is -0.361 e. The molecular weight excluding hydrogens is 384 g/mol. The van der Waals surface area contributed by atoms with Crippen LogP contribution in [0.25, 0.3) is 10.9 Å². The van der Waals surface area contributed by atoms with E-state index >= 15 is 0 Å². The van der Waals surface area contributed by atoms with Gasteiger partial charge in [0.2, 0.25) is 5.91 Å². The van der Waals surface area contributed by atoms with Gasteiger partial charge < -0.3 is 14.8 Å². The maximum absolute atomic E-state index is 12.9. The number of aryl methyl sites for hydroxylation is 1. The highest BCUT2D eigenvalue weighted by Gasteiger charge is 2.30. The standard InChI is InChI=1S/C22H22N4O4/c1-15-5-4-7-18(21(15)26(29)30)22(28)25-11-9-24(10-12-25)20(27)13-16-14-23-19-8-3-2-6-17(16)19/h2-8,14,23H,9-13H2,1H3. The zero-order chi connectivity index (χ0) is 21.3. The number of nitrogens with one attached hydrogen (secondary N) is 1. The Morgan fingerprint density at radius 2 is 1.73 bits per heavy atom. The molecule has 0 saturated carbocycles. The number of fused-ring (bicyclic) bond motifs is 1. The first-order valence-electron chi connectivity index (χ1n) is 9.81. The minimum absolute atomic E-state index is 0.00777. The zero-order valence-electron chi connectivity index (χ0n) is 16.6. The molecule has 1 fully saturated rings. The number of para-hydroxylation sites is 2. The third-order valence-electron chi connectivity index (χ3n) is 5.59. The molecule has 0 aliphatic carbocycles. The van der Waals surface area contributed by atoms with Gasteiger partial charge in [0, 0.05) is 48.8 Å². The molecule has 8 heteroatoms. The second-order valence-corrected chi connectivity index (χ2v) is 7.44. The van der Waals surface area contributed by atoms with Gasteiger partial charge in [-0.1, -0.05) is 30.3 Å². The maximum atomic E-state index is 12.9. The molecule has 0 bridgehead atoms. The van der Waals surface area contributed by atoms with E-state index < -0.39 is 4.92 Å². The summed E-state index contributed by atoms with van der Waals surface area (Å²) in [6.45, 7) is 3.14. The fourth-order valence-corrected chi connectivity index (χ4v) is 3.96. The summed E-state index contributed by atoms with van der Waals surface area (Å²) in [5.41, 5.74) is 2.34. The number of nitrogens with zero attached hydrogens (tertiary/aromatic N) is 3. The van der Waals surface area contributed by atoms with Crippen molar-refractivity contribution in [2.24, 2.45) is 0 Å². The lowest BCUT2D eigenvalue weighted by Gasteiger charge is -2.34. The summed E-state index contributed by atoms with van der Waals surface area (Å²) in [7, 11) is 0. The molecule has 30 heavy (non-hydrogen) atoms. The Hall–Kier alpha value is -3.68. The molecule has 4 rings (SSSR count). The molecule has 1 aliphatic rings. The monoisotopic (exact) mass is 406 g/mol. The number of nitro groups is 1. The van der Waals surface area contributed by atoms with E-state index in [2.05, 4.69) is 4.98 Å². The van der Waals surface area contributed by atoms with Crippen LogP contribution in [0.3, 0.4) is 0 Å². The number of hydrogen-bond donors (Lipinski definition) is 1. The van der Waals surface area contributed by atoms with E-state index in [4.69, 9.17) is 0 Å². The average Bonchev–Trinajstić information content (AvgIpc) is 3.15. The van der Waals surface area contributed by atoms with Crippen LogP contribution in [-0.4, -0.2) is 57.7 Å². The Morgan fingerprint density at radius 3 is 2.47 bits per heavy atom. The Bertz CT molecular complexity index is 1130. The van der Waals surface area contributed by atoms with E-state index in [1.807, 2.05) is 30.5 Å². The predicted octanol–water partition coefficient (Wildman–Crippen LogP) is 2.91. The molecule has 1 aliphatic heterocycles. The predicted molar refractivity (Wildman–Crippen MR) is 112 cm³/mol. The Morgan fingerprint density at radius 1 is 1.03 bits per heavy atom. The van der Waals surface area contributed by atoms with Gasteiger partial charge >= 0.3 is 0 Å². The van der Waals surface area contributed by atoms with Gasteiger partial charge in [-0.2, -0.15) is 0 Å². The number of nitro benzene ring substituents is 1. The lowest BCUT2D eigenvalue weighted by atomic mass is 10.1. The molecule has 2 aromatic carbocycles. The van der Waals surface area contributed by atoms with Crippen LogP contribution in [0.4, 0.5) is 5.69 Å². The normalized spacial score (nSPS) is 14.2. The molecular formula is C22H22N4O4. The Balaban J connectivity index is 1.41. The molecule has 8 nitrogen and oxygen atoms in total. The van der Waals surface area contributed by atoms with Gasteiger partial charge in [0.25, 0.3) is 11.6 Å². The highest BCUT2D eigenvalue weighted by atomic mass is 16.6. The first kappa shape index (κ1) is 19.6. The number of amides is 2. The summed E-state index contributed by atoms with van der Waals surface area (Å²) in [6, 6.07) is 12.6. The molecule has 154 valence electrons. The SMILES string of the molecule is Cc1cccc(C(=O)N2CCN(C(=O)Cc3c[nH]c4ccccc34)CC2)c1[N+](=O)[O-]. The van der Waals surface area contributed by atoms with E-state index in [0.717, 1.165) is 16.5 Å². The second-order valence-electron chi connectivity index (χ2n) is 7.44. The van der Waals surface area contributed by atoms with Crippen molar-refractivity contribution in [3.8, 4) is 0 Å². The number of rotatable bonds is 4. The number of hydrogen-bond acceptors (Lipinski definition) is 4. The number of carbonyl (C=O) groups is 2. The Kier molecular flexibility index (Phi) is 5.22. The largest absolute Gasteiger partial charge is 0.361 e. The number of aromatic amines is 1. The Labute approximate surface area is 173 Å². The minimum atomic E-state index is -0.510. The average molecular weight is 406 g/mol. The van der Waals surface area contributed by atoms with Gasteiger partial charge in [-0.15, -0.1) is 0 Å². The highest BCUT2D eigenvalue weighted by Crippen LogP contribution is 2.25. The van der Waals surface area contributed by atoms with Gasteiger partial charge in [-0.3, -0.25) is 19.7 Å². The second kappa shape index (κ2) is 7.98. The van der Waals surface area contributed by atoms with E-state index in [1.54, 1.807) is 28.9 Å². The van der Waals surface area contributed by atoms with Gasteiger partial charge in [-0.25, -0.2) is 0 Å². The molecule has 0 unspecified atom stereocenters. The quantitative estimate of drug-likeness (QED) is 0.532. The molecule has 0 atom stereocenters. The fourth-order valence-electron chi connectivity index (χ4n) is 3.96. The topological polar surface area (TPSA) is 99.6 Å². The number of benzene rings is 2. The fraction of sp³-hybridized carbons (Fsp3) is 0.273. The van der Waals surface area contributed by atoms with E-state index in [-0.39, 0.29) is 23.1 Å². The summed E-state index contributed by atoms with van der Waals surface area (Å²) < 4.78 is 0. The van der Waals surface area contributed by atoms with Crippen LogP contribution in [0.15, 0.2) is 48.7 Å². The third-order valence-corrected chi connectivity index (χ3v) is 5.59. The lowest BCUT2D eigenvalue weighted by Crippen LogP contribution is -2.51.